The van der Waals surface area contributed by atoms with Gasteiger partial charge in [-0.25, -0.2) is 4.68 Å². The summed E-state index contributed by atoms with van der Waals surface area (Å²) in [5, 5.41) is 4.58. The van der Waals surface area contributed by atoms with Gasteiger partial charge in [-0.3, -0.25) is 0 Å². The number of hydrogen-bond donors (Lipinski definition) is 0. The van der Waals surface area contributed by atoms with Gasteiger partial charge in [0.05, 0.1) is 17.1 Å². The first-order chi connectivity index (χ1) is 8.69. The third-order valence-corrected chi connectivity index (χ3v) is 3.35. The summed E-state index contributed by atoms with van der Waals surface area (Å²) >= 11 is 18.1. The average molecular weight is 318 g/mol. The van der Waals surface area contributed by atoms with Gasteiger partial charge in [0.25, 0.3) is 0 Å². The van der Waals surface area contributed by atoms with Crippen LogP contribution in [-0.4, -0.2) is 9.78 Å². The van der Waals surface area contributed by atoms with E-state index in [1.165, 1.54) is 0 Å². The van der Waals surface area contributed by atoms with Crippen molar-refractivity contribution < 1.29 is 0 Å². The molecular formula is C14H15Cl3N2. The number of aromatic nitrogens is 2. The lowest BCUT2D eigenvalue weighted by Gasteiger charge is -2.14. The zero-order valence-corrected chi connectivity index (χ0v) is 13.3. The molecule has 0 aliphatic carbocycles. The average Bonchev–Trinajstić information content (AvgIpc) is 2.74. The Kier molecular flexibility index (Phi) is 3.87. The van der Waals surface area contributed by atoms with Crippen molar-refractivity contribution in [1.82, 2.24) is 9.78 Å². The molecule has 0 radical (unpaired) electrons. The Morgan fingerprint density at radius 3 is 2.05 bits per heavy atom. The van der Waals surface area contributed by atoms with Crippen molar-refractivity contribution in [1.29, 1.82) is 0 Å². The van der Waals surface area contributed by atoms with Crippen LogP contribution in [0.15, 0.2) is 36.4 Å². The Balaban J connectivity index is 2.63. The lowest BCUT2D eigenvalue weighted by Crippen LogP contribution is -2.13. The second-order valence-electron chi connectivity index (χ2n) is 5.41. The Hall–Kier alpha value is -0.700. The summed E-state index contributed by atoms with van der Waals surface area (Å²) in [6.45, 7) is 6.23. The summed E-state index contributed by atoms with van der Waals surface area (Å²) < 4.78 is 0.180. The largest absolute Gasteiger partial charge is 0.233 e. The molecule has 1 heterocycles. The van der Waals surface area contributed by atoms with Gasteiger partial charge in [0.2, 0.25) is 3.79 Å². The van der Waals surface area contributed by atoms with Gasteiger partial charge < -0.3 is 0 Å². The number of alkyl halides is 3. The van der Waals surface area contributed by atoms with E-state index in [-0.39, 0.29) is 5.41 Å². The summed E-state index contributed by atoms with van der Waals surface area (Å²) in [5.41, 5.74) is 2.20. The van der Waals surface area contributed by atoms with Crippen LogP contribution < -0.4 is 0 Å². The number of rotatable bonds is 1. The fraction of sp³-hybridized carbons (Fsp3) is 0.357. The predicted octanol–water partition coefficient (Wildman–Crippen LogP) is 5.00. The van der Waals surface area contributed by atoms with Crippen LogP contribution in [0.25, 0.3) is 5.69 Å². The normalized spacial score (nSPS) is 12.7. The minimum Gasteiger partial charge on any atom is -0.233 e. The van der Waals surface area contributed by atoms with Crippen LogP contribution in [0.2, 0.25) is 0 Å². The molecule has 0 aliphatic heterocycles. The lowest BCUT2D eigenvalue weighted by molar-refractivity contribution is 0.560. The van der Waals surface area contributed by atoms with Crippen molar-refractivity contribution in [3.8, 4) is 5.69 Å². The molecule has 19 heavy (non-hydrogen) atoms. The highest BCUT2D eigenvalue weighted by Gasteiger charge is 2.31. The molecule has 1 aromatic heterocycles. The Morgan fingerprint density at radius 1 is 1.00 bits per heavy atom. The van der Waals surface area contributed by atoms with Gasteiger partial charge >= 0.3 is 0 Å². The lowest BCUT2D eigenvalue weighted by atomic mass is 9.92. The summed E-state index contributed by atoms with van der Waals surface area (Å²) in [7, 11) is 0. The monoisotopic (exact) mass is 316 g/mol. The first kappa shape index (κ1) is 14.7. The molecule has 1 aromatic carbocycles. The molecular weight excluding hydrogens is 303 g/mol. The van der Waals surface area contributed by atoms with Crippen LogP contribution in [0.4, 0.5) is 0 Å². The summed E-state index contributed by atoms with van der Waals surface area (Å²) in [6, 6.07) is 11.5. The predicted molar refractivity (Wildman–Crippen MR) is 81.5 cm³/mol. The van der Waals surface area contributed by atoms with Crippen molar-refractivity contribution in [2.75, 3.05) is 0 Å². The summed E-state index contributed by atoms with van der Waals surface area (Å²) in [5.74, 6) is 0. The molecule has 0 fully saturated rings. The van der Waals surface area contributed by atoms with Gasteiger partial charge in [0.1, 0.15) is 0 Å². The highest BCUT2D eigenvalue weighted by Crippen LogP contribution is 2.40. The molecule has 2 aromatic rings. The van der Waals surface area contributed by atoms with Crippen LogP contribution in [0.5, 0.6) is 0 Å². The Bertz CT molecular complexity index is 563. The SMILES string of the molecule is CC(C)(C)c1cc(C(Cl)(Cl)Cl)n(-c2ccccc2)n1. The van der Waals surface area contributed by atoms with Crippen LogP contribution in [0.3, 0.4) is 0 Å². The van der Waals surface area contributed by atoms with Gasteiger partial charge in [-0.2, -0.15) is 5.10 Å². The van der Waals surface area contributed by atoms with Crippen molar-refractivity contribution in [3.63, 3.8) is 0 Å². The van der Waals surface area contributed by atoms with Crippen molar-refractivity contribution in [2.24, 2.45) is 0 Å². The van der Waals surface area contributed by atoms with Crippen LogP contribution in [-0.2, 0) is 9.21 Å². The van der Waals surface area contributed by atoms with E-state index in [0.29, 0.717) is 5.69 Å². The molecule has 2 nitrogen and oxygen atoms in total. The van der Waals surface area contributed by atoms with Crippen LogP contribution >= 0.6 is 34.8 Å². The van der Waals surface area contributed by atoms with E-state index in [4.69, 9.17) is 34.8 Å². The second-order valence-corrected chi connectivity index (χ2v) is 7.69. The van der Waals surface area contributed by atoms with E-state index in [9.17, 15) is 0 Å². The second kappa shape index (κ2) is 5.01. The number of halogens is 3. The molecule has 0 atom stereocenters. The molecule has 0 N–H and O–H groups in total. The third kappa shape index (κ3) is 3.25. The van der Waals surface area contributed by atoms with Crippen LogP contribution in [0, 0.1) is 0 Å². The standard InChI is InChI=1S/C14H15Cl3N2/c1-13(2,3)11-9-12(14(15,16)17)19(18-11)10-7-5-4-6-8-10/h4-9H,1-3H3. The molecule has 102 valence electrons. The molecule has 0 spiro atoms. The molecule has 0 unspecified atom stereocenters. The zero-order valence-electron chi connectivity index (χ0n) is 11.0. The highest BCUT2D eigenvalue weighted by molar-refractivity contribution is 6.66. The highest BCUT2D eigenvalue weighted by atomic mass is 35.6. The van der Waals surface area contributed by atoms with E-state index in [1.807, 2.05) is 36.4 Å². The third-order valence-electron chi connectivity index (χ3n) is 2.77. The number of nitrogens with zero attached hydrogens (tertiary/aromatic N) is 2. The molecule has 0 saturated heterocycles. The Labute approximate surface area is 128 Å². The molecule has 0 bridgehead atoms. The number of para-hydroxylation sites is 1. The first-order valence-corrected chi connectivity index (χ1v) is 7.06. The van der Waals surface area contributed by atoms with E-state index < -0.39 is 3.79 Å². The van der Waals surface area contributed by atoms with E-state index in [2.05, 4.69) is 25.9 Å². The minimum absolute atomic E-state index is 0.106. The van der Waals surface area contributed by atoms with Gasteiger partial charge in [0, 0.05) is 5.41 Å². The molecule has 0 amide bonds. The maximum absolute atomic E-state index is 6.05. The van der Waals surface area contributed by atoms with Crippen LogP contribution in [0.1, 0.15) is 32.2 Å². The summed E-state index contributed by atoms with van der Waals surface area (Å²) in [6.07, 6.45) is 0. The maximum Gasteiger partial charge on any atom is 0.232 e. The van der Waals surface area contributed by atoms with Gasteiger partial charge in [-0.15, -0.1) is 0 Å². The van der Waals surface area contributed by atoms with E-state index >= 15 is 0 Å². The maximum atomic E-state index is 6.05. The van der Waals surface area contributed by atoms with E-state index in [0.717, 1.165) is 11.4 Å². The van der Waals surface area contributed by atoms with Crippen molar-refractivity contribution in [2.45, 2.75) is 30.0 Å². The quantitative estimate of drug-likeness (QED) is 0.677. The molecule has 0 aliphatic rings. The Morgan fingerprint density at radius 2 is 1.58 bits per heavy atom. The minimum atomic E-state index is -1.51. The van der Waals surface area contributed by atoms with Gasteiger partial charge in [-0.1, -0.05) is 73.8 Å². The van der Waals surface area contributed by atoms with E-state index in [1.54, 1.807) is 4.68 Å². The first-order valence-electron chi connectivity index (χ1n) is 5.93. The van der Waals surface area contributed by atoms with Crippen molar-refractivity contribution >= 4 is 34.8 Å². The van der Waals surface area contributed by atoms with Gasteiger partial charge in [0.15, 0.2) is 0 Å². The molecule has 0 saturated carbocycles. The number of hydrogen-bond acceptors (Lipinski definition) is 1. The molecule has 2 rings (SSSR count). The smallest absolute Gasteiger partial charge is 0.232 e. The zero-order chi connectivity index (χ0) is 14.3. The summed E-state index contributed by atoms with van der Waals surface area (Å²) in [4.78, 5) is 0. The number of benzene rings is 1. The topological polar surface area (TPSA) is 17.8 Å². The van der Waals surface area contributed by atoms with Crippen molar-refractivity contribution in [3.05, 3.63) is 47.8 Å². The fourth-order valence-electron chi connectivity index (χ4n) is 1.72. The molecule has 5 heteroatoms. The van der Waals surface area contributed by atoms with Gasteiger partial charge in [-0.05, 0) is 18.2 Å². The fourth-order valence-corrected chi connectivity index (χ4v) is 2.12.